The van der Waals surface area contributed by atoms with Gasteiger partial charge in [-0.2, -0.15) is 0 Å². The highest BCUT2D eigenvalue weighted by molar-refractivity contribution is 14.0. The highest BCUT2D eigenvalue weighted by Gasteiger charge is 2.67. The number of nitrogens with one attached hydrogen (secondary N) is 2. The molecule has 1 saturated heterocycles. The second-order valence-corrected chi connectivity index (χ2v) is 9.08. The fourth-order valence-electron chi connectivity index (χ4n) is 5.66. The molecule has 25 heavy (non-hydrogen) atoms. The van der Waals surface area contributed by atoms with Crippen LogP contribution < -0.4 is 10.6 Å². The first-order chi connectivity index (χ1) is 11.4. The van der Waals surface area contributed by atoms with Gasteiger partial charge in [-0.25, -0.2) is 0 Å². The number of aliphatic imine (C=N–C) groups is 1. The van der Waals surface area contributed by atoms with Crippen LogP contribution in [0.4, 0.5) is 0 Å². The molecule has 4 rings (SSSR count). The van der Waals surface area contributed by atoms with Crippen molar-refractivity contribution in [2.75, 3.05) is 20.8 Å². The molecule has 5 unspecified atom stereocenters. The lowest BCUT2D eigenvalue weighted by Crippen LogP contribution is -2.74. The average Bonchev–Trinajstić information content (AvgIpc) is 2.93. The Morgan fingerprint density at radius 3 is 2.44 bits per heavy atom. The van der Waals surface area contributed by atoms with Gasteiger partial charge in [0.15, 0.2) is 5.96 Å². The van der Waals surface area contributed by atoms with Crippen LogP contribution in [0.1, 0.15) is 52.9 Å². The van der Waals surface area contributed by atoms with Crippen molar-refractivity contribution < 1.29 is 9.47 Å². The Kier molecular flexibility index (Phi) is 5.13. The van der Waals surface area contributed by atoms with E-state index in [9.17, 15) is 0 Å². The van der Waals surface area contributed by atoms with E-state index in [1.807, 2.05) is 14.2 Å². The van der Waals surface area contributed by atoms with E-state index in [2.05, 4.69) is 36.4 Å². The molecule has 4 aliphatic rings. The lowest BCUT2D eigenvalue weighted by atomic mass is 9.46. The van der Waals surface area contributed by atoms with Gasteiger partial charge in [0.1, 0.15) is 0 Å². The molecule has 5 atom stereocenters. The number of ether oxygens (including phenoxy) is 2. The summed E-state index contributed by atoms with van der Waals surface area (Å²) in [6.07, 6.45) is 6.66. The van der Waals surface area contributed by atoms with Gasteiger partial charge in [0, 0.05) is 49.6 Å². The Balaban J connectivity index is 0.00000182. The zero-order valence-electron chi connectivity index (χ0n) is 16.2. The van der Waals surface area contributed by atoms with Gasteiger partial charge >= 0.3 is 0 Å². The molecule has 4 fully saturated rings. The molecule has 0 aromatic rings. The van der Waals surface area contributed by atoms with E-state index in [1.54, 1.807) is 0 Å². The molecule has 6 heteroatoms. The van der Waals surface area contributed by atoms with E-state index in [-0.39, 0.29) is 35.0 Å². The molecule has 0 aromatic carbocycles. The van der Waals surface area contributed by atoms with Gasteiger partial charge < -0.3 is 20.1 Å². The van der Waals surface area contributed by atoms with E-state index in [0.717, 1.165) is 19.0 Å². The van der Waals surface area contributed by atoms with Gasteiger partial charge in [-0.05, 0) is 32.6 Å². The standard InChI is InChI=1S/C19H33N3O2.HI/c1-17(2)13(11-18(17,3)23-5)21-16(20-4)22-14-12-7-10-24-15(12)19(14)8-6-9-19;/h12-15H,6-11H2,1-5H3,(H2,20,21,22);1H. The summed E-state index contributed by atoms with van der Waals surface area (Å²) in [4.78, 5) is 4.52. The topological polar surface area (TPSA) is 54.9 Å². The summed E-state index contributed by atoms with van der Waals surface area (Å²) in [7, 11) is 3.70. The number of nitrogens with zero attached hydrogens (tertiary/aromatic N) is 1. The summed E-state index contributed by atoms with van der Waals surface area (Å²) in [6.45, 7) is 7.70. The second kappa shape index (κ2) is 6.51. The Labute approximate surface area is 169 Å². The summed E-state index contributed by atoms with van der Waals surface area (Å²) >= 11 is 0. The van der Waals surface area contributed by atoms with Crippen LogP contribution in [0.5, 0.6) is 0 Å². The number of hydrogen-bond acceptors (Lipinski definition) is 3. The molecule has 3 aliphatic carbocycles. The summed E-state index contributed by atoms with van der Waals surface area (Å²) in [5.41, 5.74) is 0.417. The molecule has 2 N–H and O–H groups in total. The van der Waals surface area contributed by atoms with Crippen LogP contribution in [-0.4, -0.2) is 50.5 Å². The quantitative estimate of drug-likeness (QED) is 0.384. The van der Waals surface area contributed by atoms with Crippen LogP contribution in [0.3, 0.4) is 0 Å². The van der Waals surface area contributed by atoms with Crippen molar-refractivity contribution in [2.45, 2.75) is 76.7 Å². The van der Waals surface area contributed by atoms with Crippen molar-refractivity contribution in [3.8, 4) is 0 Å². The number of halogens is 1. The van der Waals surface area contributed by atoms with Gasteiger partial charge in [-0.15, -0.1) is 24.0 Å². The first-order valence-corrected chi connectivity index (χ1v) is 9.54. The molecular formula is C19H34IN3O2. The minimum Gasteiger partial charge on any atom is -0.378 e. The van der Waals surface area contributed by atoms with Crippen molar-refractivity contribution in [1.29, 1.82) is 0 Å². The summed E-state index contributed by atoms with van der Waals surface area (Å²) in [5, 5.41) is 7.43. The third-order valence-electron chi connectivity index (χ3n) is 8.14. The zero-order valence-corrected chi connectivity index (χ0v) is 18.6. The number of guanidine groups is 1. The minimum atomic E-state index is -0.0560. The van der Waals surface area contributed by atoms with Crippen LogP contribution >= 0.6 is 24.0 Å². The molecule has 0 radical (unpaired) electrons. The Morgan fingerprint density at radius 1 is 1.20 bits per heavy atom. The molecule has 0 bridgehead atoms. The molecule has 1 heterocycles. The first kappa shape index (κ1) is 19.7. The summed E-state index contributed by atoms with van der Waals surface area (Å²) in [5.74, 6) is 1.62. The maximum Gasteiger partial charge on any atom is 0.191 e. The zero-order chi connectivity index (χ0) is 17.2. The van der Waals surface area contributed by atoms with Crippen LogP contribution in [0.15, 0.2) is 4.99 Å². The van der Waals surface area contributed by atoms with Crippen LogP contribution in [0.2, 0.25) is 0 Å². The first-order valence-electron chi connectivity index (χ1n) is 9.54. The van der Waals surface area contributed by atoms with E-state index in [4.69, 9.17) is 9.47 Å². The van der Waals surface area contributed by atoms with Crippen molar-refractivity contribution in [1.82, 2.24) is 10.6 Å². The average molecular weight is 463 g/mol. The van der Waals surface area contributed by atoms with Crippen LogP contribution in [0.25, 0.3) is 0 Å². The fraction of sp³-hybridized carbons (Fsp3) is 0.947. The largest absolute Gasteiger partial charge is 0.378 e. The Morgan fingerprint density at radius 2 is 1.92 bits per heavy atom. The number of methoxy groups -OCH3 is 1. The van der Waals surface area contributed by atoms with Gasteiger partial charge in [0.05, 0.1) is 11.7 Å². The van der Waals surface area contributed by atoms with Gasteiger partial charge in [-0.1, -0.05) is 20.3 Å². The number of hydrogen-bond donors (Lipinski definition) is 2. The smallest absolute Gasteiger partial charge is 0.191 e. The van der Waals surface area contributed by atoms with Crippen molar-refractivity contribution in [3.05, 3.63) is 0 Å². The Hall–Kier alpha value is -0.0800. The van der Waals surface area contributed by atoms with Crippen molar-refractivity contribution in [2.24, 2.45) is 21.7 Å². The van der Waals surface area contributed by atoms with E-state index < -0.39 is 0 Å². The highest BCUT2D eigenvalue weighted by Crippen LogP contribution is 2.62. The van der Waals surface area contributed by atoms with Gasteiger partial charge in [0.25, 0.3) is 0 Å². The third kappa shape index (κ3) is 2.57. The summed E-state index contributed by atoms with van der Waals surface area (Å²) in [6, 6.07) is 0.920. The fourth-order valence-corrected chi connectivity index (χ4v) is 5.66. The molecule has 144 valence electrons. The molecule has 0 aromatic heterocycles. The second-order valence-electron chi connectivity index (χ2n) is 9.08. The van der Waals surface area contributed by atoms with Crippen molar-refractivity contribution >= 4 is 29.9 Å². The predicted octanol–water partition coefficient (Wildman–Crippen LogP) is 2.93. The van der Waals surface area contributed by atoms with Crippen molar-refractivity contribution in [3.63, 3.8) is 0 Å². The van der Waals surface area contributed by atoms with E-state index in [0.29, 0.717) is 29.5 Å². The monoisotopic (exact) mass is 463 g/mol. The number of fused-ring (bicyclic) bond motifs is 2. The molecule has 5 nitrogen and oxygen atoms in total. The van der Waals surface area contributed by atoms with E-state index >= 15 is 0 Å². The molecule has 1 spiro atoms. The van der Waals surface area contributed by atoms with Crippen LogP contribution in [0, 0.1) is 16.7 Å². The predicted molar refractivity (Wildman–Crippen MR) is 111 cm³/mol. The molecule has 1 aliphatic heterocycles. The SMILES string of the molecule is CN=C(NC1C2CCOC2C12CCC2)NC1CC(C)(OC)C1(C)C.I. The lowest BCUT2D eigenvalue weighted by Gasteiger charge is -2.64. The lowest BCUT2D eigenvalue weighted by molar-refractivity contribution is -0.178. The minimum absolute atomic E-state index is 0. The van der Waals surface area contributed by atoms with Gasteiger partial charge in [0.2, 0.25) is 0 Å². The van der Waals surface area contributed by atoms with Gasteiger partial charge in [-0.3, -0.25) is 4.99 Å². The highest BCUT2D eigenvalue weighted by atomic mass is 127. The third-order valence-corrected chi connectivity index (χ3v) is 8.14. The Bertz CT molecular complexity index is 549. The molecular weight excluding hydrogens is 429 g/mol. The summed E-state index contributed by atoms with van der Waals surface area (Å²) < 4.78 is 11.8. The number of rotatable bonds is 3. The van der Waals surface area contributed by atoms with Crippen LogP contribution in [-0.2, 0) is 9.47 Å². The van der Waals surface area contributed by atoms with E-state index in [1.165, 1.54) is 25.7 Å². The maximum absolute atomic E-state index is 6.03. The molecule has 3 saturated carbocycles. The normalized spacial score (nSPS) is 43.2. The molecule has 0 amide bonds. The maximum atomic E-state index is 6.03.